The second kappa shape index (κ2) is 14.3. The van der Waals surface area contributed by atoms with E-state index in [1.807, 2.05) is 0 Å². The molecular formula is C52H36N4. The average molecular weight is 717 g/mol. The number of hydrogen-bond acceptors (Lipinski definition) is 4. The van der Waals surface area contributed by atoms with Gasteiger partial charge >= 0.3 is 0 Å². The molecule has 10 aromatic rings. The van der Waals surface area contributed by atoms with Crippen LogP contribution in [-0.2, 0) is 0 Å². The average Bonchev–Trinajstić information content (AvgIpc) is 3.28. The van der Waals surface area contributed by atoms with Crippen molar-refractivity contribution in [2.45, 2.75) is 0 Å². The Morgan fingerprint density at radius 3 is 0.786 bits per heavy atom. The van der Waals surface area contributed by atoms with E-state index in [9.17, 15) is 0 Å². The zero-order valence-corrected chi connectivity index (χ0v) is 30.6. The molecule has 4 heteroatoms. The molecule has 0 atom stereocenters. The Morgan fingerprint density at radius 1 is 0.232 bits per heavy atom. The molecule has 0 amide bonds. The van der Waals surface area contributed by atoms with Crippen LogP contribution in [0.2, 0.25) is 0 Å². The standard InChI is InChI=1S/C52H36N4/c1-5-17-39(18-6-1)55(40-19-7-2-8-20-40)43-33-29-37(30-34-43)49-50(54-52-48-28-16-14-26-46(48)45-25-13-15-27-47(45)51(52)53-49)38-31-35-44(36-32-38)56(41-21-9-3-10-22-41)42-23-11-4-12-24-42/h1-36H. The highest BCUT2D eigenvalue weighted by Gasteiger charge is 2.20. The van der Waals surface area contributed by atoms with Gasteiger partial charge in [0.05, 0.1) is 22.4 Å². The van der Waals surface area contributed by atoms with E-state index in [-0.39, 0.29) is 0 Å². The van der Waals surface area contributed by atoms with Crippen molar-refractivity contribution in [3.63, 3.8) is 0 Å². The molecule has 10 rings (SSSR count). The molecule has 0 unspecified atom stereocenters. The normalized spacial score (nSPS) is 11.2. The van der Waals surface area contributed by atoms with E-state index in [0.29, 0.717) is 0 Å². The van der Waals surface area contributed by atoms with Gasteiger partial charge in [-0.1, -0.05) is 146 Å². The van der Waals surface area contributed by atoms with Crippen LogP contribution in [0.25, 0.3) is 55.1 Å². The van der Waals surface area contributed by atoms with Crippen LogP contribution in [0.5, 0.6) is 0 Å². The highest BCUT2D eigenvalue weighted by Crippen LogP contribution is 2.41. The molecule has 0 N–H and O–H groups in total. The molecule has 0 aliphatic rings. The zero-order valence-electron chi connectivity index (χ0n) is 30.6. The Morgan fingerprint density at radius 2 is 0.482 bits per heavy atom. The third-order valence-electron chi connectivity index (χ3n) is 10.4. The van der Waals surface area contributed by atoms with Crippen LogP contribution >= 0.6 is 0 Å². The maximum atomic E-state index is 5.56. The monoisotopic (exact) mass is 716 g/mol. The summed E-state index contributed by atoms with van der Waals surface area (Å²) in [7, 11) is 0. The van der Waals surface area contributed by atoms with Gasteiger partial charge in [0.25, 0.3) is 0 Å². The minimum atomic E-state index is 0.839. The second-order valence-electron chi connectivity index (χ2n) is 13.8. The summed E-state index contributed by atoms with van der Waals surface area (Å²) < 4.78 is 0. The summed E-state index contributed by atoms with van der Waals surface area (Å²) in [6.45, 7) is 0. The number of fused-ring (bicyclic) bond motifs is 6. The summed E-state index contributed by atoms with van der Waals surface area (Å²) in [5.74, 6) is 0. The molecule has 4 nitrogen and oxygen atoms in total. The van der Waals surface area contributed by atoms with Gasteiger partial charge in [0.2, 0.25) is 0 Å². The molecule has 0 saturated carbocycles. The summed E-state index contributed by atoms with van der Waals surface area (Å²) in [6, 6.07) is 76.5. The fourth-order valence-electron chi connectivity index (χ4n) is 7.80. The summed E-state index contributed by atoms with van der Waals surface area (Å²) in [6.07, 6.45) is 0. The molecule has 0 fully saturated rings. The first-order valence-electron chi connectivity index (χ1n) is 18.9. The maximum absolute atomic E-state index is 5.56. The lowest BCUT2D eigenvalue weighted by molar-refractivity contribution is 1.27. The predicted molar refractivity (Wildman–Crippen MR) is 235 cm³/mol. The quantitative estimate of drug-likeness (QED) is 0.147. The molecule has 0 radical (unpaired) electrons. The van der Waals surface area contributed by atoms with Crippen LogP contribution in [0.15, 0.2) is 218 Å². The van der Waals surface area contributed by atoms with Gasteiger partial charge in [0.15, 0.2) is 0 Å². The lowest BCUT2D eigenvalue weighted by Crippen LogP contribution is -2.09. The van der Waals surface area contributed by atoms with E-state index in [1.165, 1.54) is 10.8 Å². The van der Waals surface area contributed by atoms with Crippen LogP contribution in [0.4, 0.5) is 34.1 Å². The molecular weight excluding hydrogens is 681 g/mol. The number of benzene rings is 9. The number of rotatable bonds is 8. The SMILES string of the molecule is c1ccc(N(c2ccccc2)c2ccc(-c3nc4c5ccccc5c5ccccc5c4nc3-c3ccc(N(c4ccccc4)c4ccccc4)cc3)cc2)cc1. The molecule has 0 bridgehead atoms. The Kier molecular flexibility index (Phi) is 8.47. The van der Waals surface area contributed by atoms with Crippen LogP contribution in [0.1, 0.15) is 0 Å². The number of nitrogens with zero attached hydrogens (tertiary/aromatic N) is 4. The molecule has 264 valence electrons. The number of anilines is 6. The van der Waals surface area contributed by atoms with Crippen molar-refractivity contribution in [3.8, 4) is 22.5 Å². The molecule has 0 spiro atoms. The number of para-hydroxylation sites is 4. The summed E-state index contributed by atoms with van der Waals surface area (Å²) in [5, 5.41) is 4.53. The van der Waals surface area contributed by atoms with Gasteiger partial charge in [-0.15, -0.1) is 0 Å². The van der Waals surface area contributed by atoms with Crippen molar-refractivity contribution in [2.24, 2.45) is 0 Å². The van der Waals surface area contributed by atoms with Crippen molar-refractivity contribution < 1.29 is 0 Å². The van der Waals surface area contributed by atoms with Crippen LogP contribution in [0.3, 0.4) is 0 Å². The van der Waals surface area contributed by atoms with Gasteiger partial charge < -0.3 is 9.80 Å². The third-order valence-corrected chi connectivity index (χ3v) is 10.4. The fourth-order valence-corrected chi connectivity index (χ4v) is 7.80. The number of aromatic nitrogens is 2. The van der Waals surface area contributed by atoms with Gasteiger partial charge in [-0.3, -0.25) is 0 Å². The molecule has 0 saturated heterocycles. The molecule has 0 aliphatic heterocycles. The van der Waals surface area contributed by atoms with E-state index < -0.39 is 0 Å². The predicted octanol–water partition coefficient (Wildman–Crippen LogP) is 14.2. The minimum Gasteiger partial charge on any atom is -0.311 e. The first kappa shape index (κ1) is 33.0. The summed E-state index contributed by atoms with van der Waals surface area (Å²) in [4.78, 5) is 15.7. The lowest BCUT2D eigenvalue weighted by Gasteiger charge is -2.26. The molecule has 1 heterocycles. The van der Waals surface area contributed by atoms with Crippen LogP contribution < -0.4 is 9.80 Å². The Hall–Kier alpha value is -7.56. The van der Waals surface area contributed by atoms with Gasteiger partial charge in [0, 0.05) is 56.0 Å². The van der Waals surface area contributed by atoms with Gasteiger partial charge in [-0.2, -0.15) is 0 Å². The van der Waals surface area contributed by atoms with Crippen molar-refractivity contribution >= 4 is 66.7 Å². The first-order valence-corrected chi connectivity index (χ1v) is 18.9. The largest absolute Gasteiger partial charge is 0.311 e. The van der Waals surface area contributed by atoms with E-state index in [0.717, 1.165) is 78.4 Å². The summed E-state index contributed by atoms with van der Waals surface area (Å²) in [5.41, 5.74) is 12.0. The topological polar surface area (TPSA) is 32.3 Å². The van der Waals surface area contributed by atoms with Gasteiger partial charge in [0.1, 0.15) is 0 Å². The smallest absolute Gasteiger partial charge is 0.0979 e. The minimum absolute atomic E-state index is 0.839. The Bertz CT molecular complexity index is 2650. The van der Waals surface area contributed by atoms with Crippen molar-refractivity contribution in [1.29, 1.82) is 0 Å². The van der Waals surface area contributed by atoms with E-state index in [1.54, 1.807) is 0 Å². The number of hydrogen-bond donors (Lipinski definition) is 0. The van der Waals surface area contributed by atoms with E-state index in [4.69, 9.17) is 9.97 Å². The first-order chi connectivity index (χ1) is 27.8. The zero-order chi connectivity index (χ0) is 37.3. The molecule has 56 heavy (non-hydrogen) atoms. The maximum Gasteiger partial charge on any atom is 0.0979 e. The van der Waals surface area contributed by atoms with Crippen LogP contribution in [-0.4, -0.2) is 9.97 Å². The third kappa shape index (κ3) is 6.00. The van der Waals surface area contributed by atoms with Gasteiger partial charge in [-0.05, 0) is 83.6 Å². The van der Waals surface area contributed by atoms with Gasteiger partial charge in [-0.25, -0.2) is 9.97 Å². The Labute approximate surface area is 326 Å². The van der Waals surface area contributed by atoms with Crippen molar-refractivity contribution in [2.75, 3.05) is 9.80 Å². The molecule has 1 aromatic heterocycles. The Balaban J connectivity index is 1.16. The lowest BCUT2D eigenvalue weighted by atomic mass is 9.97. The van der Waals surface area contributed by atoms with E-state index >= 15 is 0 Å². The highest BCUT2D eigenvalue weighted by atomic mass is 15.1. The van der Waals surface area contributed by atoms with Crippen LogP contribution in [0, 0.1) is 0 Å². The van der Waals surface area contributed by atoms with Crippen molar-refractivity contribution in [1.82, 2.24) is 9.97 Å². The molecule has 9 aromatic carbocycles. The highest BCUT2D eigenvalue weighted by molar-refractivity contribution is 6.23. The van der Waals surface area contributed by atoms with E-state index in [2.05, 4.69) is 228 Å². The fraction of sp³-hybridized carbons (Fsp3) is 0. The molecule has 0 aliphatic carbocycles. The summed E-state index contributed by atoms with van der Waals surface area (Å²) >= 11 is 0. The second-order valence-corrected chi connectivity index (χ2v) is 13.8. The van der Waals surface area contributed by atoms with Crippen molar-refractivity contribution in [3.05, 3.63) is 218 Å².